The summed E-state index contributed by atoms with van der Waals surface area (Å²) < 4.78 is 10.3. The van der Waals surface area contributed by atoms with E-state index in [1.807, 2.05) is 18.2 Å². The smallest absolute Gasteiger partial charge is 0.179 e. The molecule has 0 aliphatic rings. The molecule has 0 atom stereocenters. The van der Waals surface area contributed by atoms with Gasteiger partial charge in [0.25, 0.3) is 0 Å². The van der Waals surface area contributed by atoms with Crippen LogP contribution in [0.1, 0.15) is 5.56 Å². The number of rotatable bonds is 4. The third-order valence-electron chi connectivity index (χ3n) is 1.95. The van der Waals surface area contributed by atoms with Crippen molar-refractivity contribution in [1.29, 1.82) is 0 Å². The highest BCUT2D eigenvalue weighted by Crippen LogP contribution is 2.37. The lowest BCUT2D eigenvalue weighted by Crippen LogP contribution is -1.94. The van der Waals surface area contributed by atoms with Crippen LogP contribution in [-0.4, -0.2) is 20.8 Å². The number of benzene rings is 1. The molecule has 1 rings (SSSR count). The average molecular weight is 228 g/mol. The fourth-order valence-electron chi connectivity index (χ4n) is 1.23. The molecule has 0 aromatic heterocycles. The molecule has 0 heterocycles. The molecular weight excluding hydrogens is 214 g/mol. The van der Waals surface area contributed by atoms with E-state index in [0.717, 1.165) is 5.56 Å². The van der Waals surface area contributed by atoms with Gasteiger partial charge in [0.1, 0.15) is 0 Å². The van der Waals surface area contributed by atoms with Gasteiger partial charge in [0.05, 0.1) is 19.2 Å². The Bertz CT molecular complexity index is 364. The van der Waals surface area contributed by atoms with Gasteiger partial charge in [-0.15, -0.1) is 0 Å². The van der Waals surface area contributed by atoms with Crippen LogP contribution in [0.3, 0.4) is 0 Å². The minimum Gasteiger partial charge on any atom is -0.493 e. The SMILES string of the molecule is COc1ccc(C=CCN)c(Cl)c1OC. The first-order valence-electron chi connectivity index (χ1n) is 4.51. The third kappa shape index (κ3) is 2.64. The van der Waals surface area contributed by atoms with E-state index < -0.39 is 0 Å². The van der Waals surface area contributed by atoms with Crippen molar-refractivity contribution in [2.45, 2.75) is 0 Å². The Labute approximate surface area is 94.4 Å². The maximum Gasteiger partial charge on any atom is 0.179 e. The van der Waals surface area contributed by atoms with Gasteiger partial charge in [-0.1, -0.05) is 23.8 Å². The van der Waals surface area contributed by atoms with Crippen molar-refractivity contribution in [3.63, 3.8) is 0 Å². The summed E-state index contributed by atoms with van der Waals surface area (Å²) in [4.78, 5) is 0. The fraction of sp³-hybridized carbons (Fsp3) is 0.273. The van der Waals surface area contributed by atoms with E-state index in [-0.39, 0.29) is 0 Å². The molecule has 0 spiro atoms. The molecule has 1 aromatic rings. The summed E-state index contributed by atoms with van der Waals surface area (Å²) in [6, 6.07) is 3.66. The van der Waals surface area contributed by atoms with Crippen LogP contribution in [0.2, 0.25) is 5.02 Å². The third-order valence-corrected chi connectivity index (χ3v) is 2.34. The normalized spacial score (nSPS) is 10.7. The Kier molecular flexibility index (Phi) is 4.46. The molecule has 0 saturated carbocycles. The van der Waals surface area contributed by atoms with Crippen molar-refractivity contribution in [3.05, 3.63) is 28.8 Å². The van der Waals surface area contributed by atoms with Crippen LogP contribution in [0, 0.1) is 0 Å². The van der Waals surface area contributed by atoms with E-state index in [4.69, 9.17) is 26.8 Å². The molecule has 4 heteroatoms. The molecule has 0 radical (unpaired) electrons. The molecule has 0 fully saturated rings. The predicted molar refractivity (Wildman–Crippen MR) is 62.6 cm³/mol. The molecule has 0 unspecified atom stereocenters. The van der Waals surface area contributed by atoms with Gasteiger partial charge in [-0.2, -0.15) is 0 Å². The molecule has 0 bridgehead atoms. The standard InChI is InChI=1S/C11H14ClNO2/c1-14-9-6-5-8(4-3-7-13)10(12)11(9)15-2/h3-6H,7,13H2,1-2H3. The van der Waals surface area contributed by atoms with E-state index in [1.165, 1.54) is 0 Å². The van der Waals surface area contributed by atoms with Crippen molar-refractivity contribution in [2.24, 2.45) is 5.73 Å². The Hall–Kier alpha value is -1.19. The molecule has 0 aliphatic heterocycles. The van der Waals surface area contributed by atoms with Gasteiger partial charge in [-0.05, 0) is 17.7 Å². The van der Waals surface area contributed by atoms with Gasteiger partial charge in [-0.3, -0.25) is 0 Å². The highest BCUT2D eigenvalue weighted by Gasteiger charge is 2.10. The second-order valence-electron chi connectivity index (χ2n) is 2.84. The Morgan fingerprint density at radius 2 is 2.07 bits per heavy atom. The summed E-state index contributed by atoms with van der Waals surface area (Å²) in [5.41, 5.74) is 6.23. The number of methoxy groups -OCH3 is 2. The Morgan fingerprint density at radius 3 is 2.60 bits per heavy atom. The van der Waals surface area contributed by atoms with E-state index in [9.17, 15) is 0 Å². The molecule has 1 aromatic carbocycles. The second kappa shape index (κ2) is 5.63. The van der Waals surface area contributed by atoms with Gasteiger partial charge < -0.3 is 15.2 Å². The van der Waals surface area contributed by atoms with Crippen LogP contribution in [0.25, 0.3) is 6.08 Å². The maximum absolute atomic E-state index is 6.13. The van der Waals surface area contributed by atoms with Gasteiger partial charge in [-0.25, -0.2) is 0 Å². The van der Waals surface area contributed by atoms with E-state index in [2.05, 4.69) is 0 Å². The van der Waals surface area contributed by atoms with E-state index in [1.54, 1.807) is 20.3 Å². The first-order chi connectivity index (χ1) is 7.24. The minimum absolute atomic E-state index is 0.477. The van der Waals surface area contributed by atoms with Crippen molar-refractivity contribution in [2.75, 3.05) is 20.8 Å². The summed E-state index contributed by atoms with van der Waals surface area (Å²) in [6.45, 7) is 0.477. The lowest BCUT2D eigenvalue weighted by atomic mass is 10.2. The fourth-order valence-corrected chi connectivity index (χ4v) is 1.52. The zero-order valence-corrected chi connectivity index (χ0v) is 9.54. The van der Waals surface area contributed by atoms with Crippen molar-refractivity contribution in [1.82, 2.24) is 0 Å². The summed E-state index contributed by atoms with van der Waals surface area (Å²) in [5, 5.41) is 0.529. The number of hydrogen-bond donors (Lipinski definition) is 1. The summed E-state index contributed by atoms with van der Waals surface area (Å²) in [5.74, 6) is 1.16. The van der Waals surface area contributed by atoms with Crippen LogP contribution < -0.4 is 15.2 Å². The lowest BCUT2D eigenvalue weighted by molar-refractivity contribution is 0.355. The first-order valence-corrected chi connectivity index (χ1v) is 4.89. The van der Waals surface area contributed by atoms with E-state index in [0.29, 0.717) is 23.1 Å². The molecular formula is C11H14ClNO2. The molecule has 82 valence electrons. The van der Waals surface area contributed by atoms with Gasteiger partial charge in [0, 0.05) is 6.54 Å². The Balaban J connectivity index is 3.17. The van der Waals surface area contributed by atoms with Crippen molar-refractivity contribution in [3.8, 4) is 11.5 Å². The molecule has 0 aliphatic carbocycles. The highest BCUT2D eigenvalue weighted by atomic mass is 35.5. The monoisotopic (exact) mass is 227 g/mol. The van der Waals surface area contributed by atoms with Gasteiger partial charge in [0.15, 0.2) is 11.5 Å². The predicted octanol–water partition coefficient (Wildman–Crippen LogP) is 2.33. The highest BCUT2D eigenvalue weighted by molar-refractivity contribution is 6.33. The lowest BCUT2D eigenvalue weighted by Gasteiger charge is -2.10. The van der Waals surface area contributed by atoms with Crippen molar-refractivity contribution < 1.29 is 9.47 Å². The van der Waals surface area contributed by atoms with Crippen molar-refractivity contribution >= 4 is 17.7 Å². The van der Waals surface area contributed by atoms with Gasteiger partial charge >= 0.3 is 0 Å². The zero-order chi connectivity index (χ0) is 11.3. The summed E-state index contributed by atoms with van der Waals surface area (Å²) in [6.07, 6.45) is 3.68. The molecule has 0 saturated heterocycles. The Morgan fingerprint density at radius 1 is 1.33 bits per heavy atom. The number of nitrogens with two attached hydrogens (primary N) is 1. The average Bonchev–Trinajstić information content (AvgIpc) is 2.27. The molecule has 15 heavy (non-hydrogen) atoms. The zero-order valence-electron chi connectivity index (χ0n) is 8.79. The molecule has 2 N–H and O–H groups in total. The van der Waals surface area contributed by atoms with Crippen LogP contribution in [0.4, 0.5) is 0 Å². The maximum atomic E-state index is 6.13. The van der Waals surface area contributed by atoms with E-state index >= 15 is 0 Å². The quantitative estimate of drug-likeness (QED) is 0.859. The number of ether oxygens (including phenoxy) is 2. The van der Waals surface area contributed by atoms with Crippen LogP contribution in [0.15, 0.2) is 18.2 Å². The second-order valence-corrected chi connectivity index (χ2v) is 3.22. The molecule has 0 amide bonds. The summed E-state index contributed by atoms with van der Waals surface area (Å²) >= 11 is 6.13. The minimum atomic E-state index is 0.477. The van der Waals surface area contributed by atoms with Crippen LogP contribution in [0.5, 0.6) is 11.5 Å². The molecule has 3 nitrogen and oxygen atoms in total. The van der Waals surface area contributed by atoms with Gasteiger partial charge in [0.2, 0.25) is 0 Å². The summed E-state index contributed by atoms with van der Waals surface area (Å²) in [7, 11) is 3.13. The number of halogens is 1. The largest absolute Gasteiger partial charge is 0.493 e. The first kappa shape index (κ1) is 11.9. The topological polar surface area (TPSA) is 44.5 Å². The van der Waals surface area contributed by atoms with Crippen LogP contribution in [-0.2, 0) is 0 Å². The number of hydrogen-bond acceptors (Lipinski definition) is 3. The van der Waals surface area contributed by atoms with Crippen LogP contribution >= 0.6 is 11.6 Å².